The van der Waals surface area contributed by atoms with E-state index in [2.05, 4.69) is 14.7 Å². The van der Waals surface area contributed by atoms with E-state index in [9.17, 15) is 18.0 Å². The number of aromatic nitrogens is 2. The molecule has 1 fully saturated rings. The van der Waals surface area contributed by atoms with Crippen molar-refractivity contribution in [3.63, 3.8) is 0 Å². The van der Waals surface area contributed by atoms with Gasteiger partial charge in [-0.05, 0) is 12.8 Å². The van der Waals surface area contributed by atoms with E-state index in [0.717, 1.165) is 19.3 Å². The van der Waals surface area contributed by atoms with Crippen LogP contribution in [0.3, 0.4) is 0 Å². The Bertz CT molecular complexity index is 484. The van der Waals surface area contributed by atoms with Gasteiger partial charge in [0.1, 0.15) is 0 Å². The van der Waals surface area contributed by atoms with Gasteiger partial charge in [-0.1, -0.05) is 19.3 Å². The van der Waals surface area contributed by atoms with Gasteiger partial charge in [0.25, 0.3) is 0 Å². The third kappa shape index (κ3) is 3.59. The fourth-order valence-corrected chi connectivity index (χ4v) is 3.19. The molecular formula is C11H14F3N3O2S. The number of alkyl halides is 3. The summed E-state index contributed by atoms with van der Waals surface area (Å²) in [6, 6.07) is 0. The van der Waals surface area contributed by atoms with Crippen LogP contribution < -0.4 is 5.32 Å². The second-order valence-electron chi connectivity index (χ2n) is 4.96. The van der Waals surface area contributed by atoms with Crippen molar-refractivity contribution in [2.45, 2.75) is 50.2 Å². The third-order valence-corrected chi connectivity index (χ3v) is 3.98. The molecule has 20 heavy (non-hydrogen) atoms. The second kappa shape index (κ2) is 5.55. The molecule has 0 amide bonds. The summed E-state index contributed by atoms with van der Waals surface area (Å²) in [6.07, 6.45) is -0.777. The molecule has 2 rings (SSSR count). The molecule has 1 aromatic heterocycles. The van der Waals surface area contributed by atoms with Gasteiger partial charge < -0.3 is 10.4 Å². The molecule has 2 N–H and O–H groups in total. The predicted octanol–water partition coefficient (Wildman–Crippen LogP) is 3.15. The number of hydrogen-bond donors (Lipinski definition) is 2. The highest BCUT2D eigenvalue weighted by Crippen LogP contribution is 2.36. The monoisotopic (exact) mass is 309 g/mol. The van der Waals surface area contributed by atoms with E-state index in [-0.39, 0.29) is 11.6 Å². The highest BCUT2D eigenvalue weighted by atomic mass is 32.1. The van der Waals surface area contributed by atoms with Crippen LogP contribution in [0.15, 0.2) is 0 Å². The normalized spacial score (nSPS) is 18.8. The number of nitrogens with zero attached hydrogens (tertiary/aromatic N) is 2. The van der Waals surface area contributed by atoms with E-state index in [1.807, 2.05) is 0 Å². The maximum Gasteiger partial charge on any atom is 0.452 e. The summed E-state index contributed by atoms with van der Waals surface area (Å²) >= 11 is 0.611. The molecule has 9 heteroatoms. The highest BCUT2D eigenvalue weighted by Gasteiger charge is 2.38. The summed E-state index contributed by atoms with van der Waals surface area (Å²) in [6.45, 7) is 0. The molecule has 0 aromatic carbocycles. The lowest BCUT2D eigenvalue weighted by molar-refractivity contribution is -0.144. The first kappa shape index (κ1) is 15.0. The van der Waals surface area contributed by atoms with Crippen molar-refractivity contribution in [2.75, 3.05) is 5.32 Å². The molecule has 0 saturated heterocycles. The number of hydrogen-bond acceptors (Lipinski definition) is 5. The van der Waals surface area contributed by atoms with Crippen LogP contribution in [0, 0.1) is 0 Å². The summed E-state index contributed by atoms with van der Waals surface area (Å²) in [5, 5.41) is 11.9. The Kier molecular flexibility index (Phi) is 4.17. The number of aliphatic carboxylic acids is 1. The predicted molar refractivity (Wildman–Crippen MR) is 66.6 cm³/mol. The van der Waals surface area contributed by atoms with E-state index in [0.29, 0.717) is 24.4 Å². The van der Waals surface area contributed by atoms with Gasteiger partial charge in [-0.25, -0.2) is 0 Å². The molecule has 5 nitrogen and oxygen atoms in total. The first-order valence-electron chi connectivity index (χ1n) is 6.22. The zero-order chi connectivity index (χ0) is 14.8. The quantitative estimate of drug-likeness (QED) is 0.893. The van der Waals surface area contributed by atoms with E-state index in [4.69, 9.17) is 5.11 Å². The van der Waals surface area contributed by atoms with Gasteiger partial charge in [0.15, 0.2) is 0 Å². The molecule has 0 aliphatic heterocycles. The van der Waals surface area contributed by atoms with Crippen LogP contribution in [0.25, 0.3) is 0 Å². The first-order valence-corrected chi connectivity index (χ1v) is 6.99. The van der Waals surface area contributed by atoms with Crippen molar-refractivity contribution < 1.29 is 23.1 Å². The Hall–Kier alpha value is -1.38. The summed E-state index contributed by atoms with van der Waals surface area (Å²) in [4.78, 5) is 14.4. The number of carboxylic acids is 1. The van der Waals surface area contributed by atoms with Crippen molar-refractivity contribution in [1.29, 1.82) is 0 Å². The van der Waals surface area contributed by atoms with Crippen LogP contribution in [-0.4, -0.2) is 26.0 Å². The number of nitrogens with one attached hydrogen (secondary N) is 1. The molecule has 1 aliphatic rings. The zero-order valence-corrected chi connectivity index (χ0v) is 11.4. The van der Waals surface area contributed by atoms with Gasteiger partial charge >= 0.3 is 12.1 Å². The molecule has 1 aliphatic carbocycles. The average molecular weight is 309 g/mol. The fraction of sp³-hybridized carbons (Fsp3) is 0.727. The zero-order valence-electron chi connectivity index (χ0n) is 10.5. The summed E-state index contributed by atoms with van der Waals surface area (Å²) < 4.78 is 40.6. The van der Waals surface area contributed by atoms with Crippen LogP contribution in [0.4, 0.5) is 18.3 Å². The van der Waals surface area contributed by atoms with Crippen LogP contribution in [0.5, 0.6) is 0 Å². The molecule has 112 valence electrons. The molecule has 0 unspecified atom stereocenters. The Morgan fingerprint density at radius 3 is 2.50 bits per heavy atom. The minimum Gasteiger partial charge on any atom is -0.481 e. The largest absolute Gasteiger partial charge is 0.481 e. The lowest BCUT2D eigenvalue weighted by Gasteiger charge is -2.36. The molecule has 1 heterocycles. The van der Waals surface area contributed by atoms with Crippen molar-refractivity contribution in [3.05, 3.63) is 5.82 Å². The van der Waals surface area contributed by atoms with E-state index < -0.39 is 23.5 Å². The van der Waals surface area contributed by atoms with Gasteiger partial charge in [0, 0.05) is 11.5 Å². The van der Waals surface area contributed by atoms with Crippen LogP contribution in [0.1, 0.15) is 44.3 Å². The van der Waals surface area contributed by atoms with Gasteiger partial charge in [0.2, 0.25) is 11.0 Å². The number of halogens is 3. The minimum absolute atomic E-state index is 0.0282. The van der Waals surface area contributed by atoms with E-state index in [1.54, 1.807) is 0 Å². The molecule has 0 bridgehead atoms. The first-order chi connectivity index (χ1) is 9.31. The molecule has 1 saturated carbocycles. The average Bonchev–Trinajstić information content (AvgIpc) is 2.77. The number of carbonyl (C=O) groups is 1. The van der Waals surface area contributed by atoms with Crippen molar-refractivity contribution in [3.8, 4) is 0 Å². The molecular weight excluding hydrogens is 295 g/mol. The van der Waals surface area contributed by atoms with Crippen molar-refractivity contribution >= 4 is 22.6 Å². The van der Waals surface area contributed by atoms with Gasteiger partial charge in [0.05, 0.1) is 12.0 Å². The van der Waals surface area contributed by atoms with Gasteiger partial charge in [-0.2, -0.15) is 22.5 Å². The Balaban J connectivity index is 2.15. The lowest BCUT2D eigenvalue weighted by Crippen LogP contribution is -2.42. The topological polar surface area (TPSA) is 75.1 Å². The smallest absolute Gasteiger partial charge is 0.452 e. The van der Waals surface area contributed by atoms with Crippen molar-refractivity contribution in [2.24, 2.45) is 0 Å². The standard InChI is InChI=1S/C11H14F3N3O2S/c12-11(13,14)8-15-9(20-17-8)16-10(6-7(18)19)4-2-1-3-5-10/h1-6H2,(H,18,19)(H,15,16,17). The maximum absolute atomic E-state index is 12.4. The van der Waals surface area contributed by atoms with Crippen LogP contribution in [0.2, 0.25) is 0 Å². The Morgan fingerprint density at radius 2 is 2.00 bits per heavy atom. The lowest BCUT2D eigenvalue weighted by atomic mass is 9.79. The Morgan fingerprint density at radius 1 is 1.35 bits per heavy atom. The van der Waals surface area contributed by atoms with Crippen LogP contribution in [-0.2, 0) is 11.0 Å². The number of rotatable bonds is 4. The van der Waals surface area contributed by atoms with Gasteiger partial charge in [-0.15, -0.1) is 0 Å². The van der Waals surface area contributed by atoms with E-state index >= 15 is 0 Å². The highest BCUT2D eigenvalue weighted by molar-refractivity contribution is 7.09. The fourth-order valence-electron chi connectivity index (χ4n) is 2.48. The summed E-state index contributed by atoms with van der Waals surface area (Å²) in [5.74, 6) is -2.16. The van der Waals surface area contributed by atoms with Crippen molar-refractivity contribution in [1.82, 2.24) is 9.36 Å². The molecule has 0 spiro atoms. The number of anilines is 1. The second-order valence-corrected chi connectivity index (χ2v) is 5.71. The Labute approximate surface area is 117 Å². The van der Waals surface area contributed by atoms with E-state index in [1.165, 1.54) is 0 Å². The van der Waals surface area contributed by atoms with Crippen LogP contribution >= 0.6 is 11.5 Å². The summed E-state index contributed by atoms with van der Waals surface area (Å²) in [7, 11) is 0. The maximum atomic E-state index is 12.4. The molecule has 0 radical (unpaired) electrons. The summed E-state index contributed by atoms with van der Waals surface area (Å²) in [5.41, 5.74) is -0.716. The number of carboxylic acid groups (broad SMARTS) is 1. The molecule has 1 aromatic rings. The third-order valence-electron chi connectivity index (χ3n) is 3.35. The SMILES string of the molecule is O=C(O)CC1(Nc2nc(C(F)(F)F)ns2)CCCCC1. The molecule has 0 atom stereocenters. The van der Waals surface area contributed by atoms with Gasteiger partial charge in [-0.3, -0.25) is 4.79 Å². The minimum atomic E-state index is -4.58.